The number of aromatic nitrogens is 2. The number of nitrogens with zero attached hydrogens (tertiary/aromatic N) is 1. The Morgan fingerprint density at radius 1 is 1.46 bits per heavy atom. The minimum Gasteiger partial charge on any atom is -0.463 e. The normalized spacial score (nSPS) is 11.0. The lowest BCUT2D eigenvalue weighted by molar-refractivity contribution is 0.580. The Morgan fingerprint density at radius 2 is 2.31 bits per heavy atom. The fraction of sp³-hybridized carbons (Fsp3) is 0.300. The van der Waals surface area contributed by atoms with E-state index in [1.54, 1.807) is 6.26 Å². The lowest BCUT2D eigenvalue weighted by atomic mass is 10.1. The molecule has 3 heteroatoms. The first kappa shape index (κ1) is 8.10. The van der Waals surface area contributed by atoms with E-state index >= 15 is 0 Å². The van der Waals surface area contributed by atoms with E-state index in [1.807, 2.05) is 18.2 Å². The predicted molar refractivity (Wildman–Crippen MR) is 50.4 cm³/mol. The van der Waals surface area contributed by atoms with Crippen molar-refractivity contribution in [2.45, 2.75) is 19.8 Å². The molecule has 0 aliphatic heterocycles. The standard InChI is InChI=1S/C10H12N2O/c1-7(2)8-6-9(12-11-8)10-4-3-5-13-10/h3-7H,1-2H3,(H,11,12). The van der Waals surface area contributed by atoms with Crippen molar-refractivity contribution >= 4 is 0 Å². The van der Waals surface area contributed by atoms with Crippen LogP contribution in [0.4, 0.5) is 0 Å². The lowest BCUT2D eigenvalue weighted by Crippen LogP contribution is -1.85. The maximum atomic E-state index is 5.24. The molecule has 0 aromatic carbocycles. The molecule has 0 aliphatic rings. The van der Waals surface area contributed by atoms with E-state index in [1.165, 1.54) is 0 Å². The van der Waals surface area contributed by atoms with E-state index in [9.17, 15) is 0 Å². The Hall–Kier alpha value is -1.51. The second-order valence-electron chi connectivity index (χ2n) is 3.34. The van der Waals surface area contributed by atoms with Crippen molar-refractivity contribution < 1.29 is 4.42 Å². The molecule has 2 heterocycles. The Morgan fingerprint density at radius 3 is 2.85 bits per heavy atom. The van der Waals surface area contributed by atoms with Gasteiger partial charge in [0.15, 0.2) is 5.76 Å². The molecule has 0 aliphatic carbocycles. The van der Waals surface area contributed by atoms with Crippen LogP contribution in [-0.4, -0.2) is 10.2 Å². The molecule has 0 unspecified atom stereocenters. The van der Waals surface area contributed by atoms with Crippen molar-refractivity contribution in [3.8, 4) is 11.5 Å². The molecule has 0 fully saturated rings. The van der Waals surface area contributed by atoms with Gasteiger partial charge in [0.2, 0.25) is 0 Å². The van der Waals surface area contributed by atoms with Gasteiger partial charge in [0.05, 0.1) is 12.0 Å². The van der Waals surface area contributed by atoms with Crippen LogP contribution in [0.2, 0.25) is 0 Å². The minimum atomic E-state index is 0.444. The van der Waals surface area contributed by atoms with Gasteiger partial charge in [-0.2, -0.15) is 5.10 Å². The Bertz CT molecular complexity index is 373. The number of rotatable bonds is 2. The summed E-state index contributed by atoms with van der Waals surface area (Å²) in [6.45, 7) is 4.23. The first-order chi connectivity index (χ1) is 6.27. The maximum Gasteiger partial charge on any atom is 0.151 e. The number of nitrogens with one attached hydrogen (secondary N) is 1. The zero-order valence-electron chi connectivity index (χ0n) is 7.74. The van der Waals surface area contributed by atoms with E-state index in [0.717, 1.165) is 17.1 Å². The van der Waals surface area contributed by atoms with Crippen molar-refractivity contribution in [3.05, 3.63) is 30.2 Å². The van der Waals surface area contributed by atoms with Crippen molar-refractivity contribution in [1.29, 1.82) is 0 Å². The van der Waals surface area contributed by atoms with E-state index in [2.05, 4.69) is 24.0 Å². The molecule has 0 saturated heterocycles. The van der Waals surface area contributed by atoms with Gasteiger partial charge in [0, 0.05) is 0 Å². The summed E-state index contributed by atoms with van der Waals surface area (Å²) in [4.78, 5) is 0. The van der Waals surface area contributed by atoms with Crippen LogP contribution in [-0.2, 0) is 0 Å². The molecule has 68 valence electrons. The average Bonchev–Trinajstić information content (AvgIpc) is 2.75. The number of H-pyrrole nitrogens is 1. The molecule has 0 radical (unpaired) electrons. The molecule has 2 aromatic heterocycles. The Labute approximate surface area is 76.8 Å². The SMILES string of the molecule is CC(C)c1cc(-c2ccco2)[nH]n1. The van der Waals surface area contributed by atoms with E-state index < -0.39 is 0 Å². The van der Waals surface area contributed by atoms with Crippen LogP contribution in [0.25, 0.3) is 11.5 Å². The van der Waals surface area contributed by atoms with Gasteiger partial charge in [-0.1, -0.05) is 13.8 Å². The van der Waals surface area contributed by atoms with Crippen molar-refractivity contribution in [1.82, 2.24) is 10.2 Å². The summed E-state index contributed by atoms with van der Waals surface area (Å²) in [7, 11) is 0. The zero-order valence-corrected chi connectivity index (χ0v) is 7.74. The third-order valence-electron chi connectivity index (χ3n) is 1.98. The summed E-state index contributed by atoms with van der Waals surface area (Å²) in [5.74, 6) is 1.28. The van der Waals surface area contributed by atoms with Crippen LogP contribution < -0.4 is 0 Å². The first-order valence-electron chi connectivity index (χ1n) is 4.36. The highest BCUT2D eigenvalue weighted by atomic mass is 16.3. The summed E-state index contributed by atoms with van der Waals surface area (Å²) in [6.07, 6.45) is 1.66. The summed E-state index contributed by atoms with van der Waals surface area (Å²) in [6, 6.07) is 5.80. The third kappa shape index (κ3) is 1.49. The quantitative estimate of drug-likeness (QED) is 0.764. The second kappa shape index (κ2) is 3.09. The van der Waals surface area contributed by atoms with Gasteiger partial charge >= 0.3 is 0 Å². The smallest absolute Gasteiger partial charge is 0.151 e. The molecule has 2 rings (SSSR count). The number of furan rings is 1. The largest absolute Gasteiger partial charge is 0.463 e. The monoisotopic (exact) mass is 176 g/mol. The second-order valence-corrected chi connectivity index (χ2v) is 3.34. The summed E-state index contributed by atoms with van der Waals surface area (Å²) in [5.41, 5.74) is 2.00. The molecule has 0 spiro atoms. The van der Waals surface area contributed by atoms with Crippen molar-refractivity contribution in [2.24, 2.45) is 0 Å². The summed E-state index contributed by atoms with van der Waals surface area (Å²) < 4.78 is 5.24. The maximum absolute atomic E-state index is 5.24. The molecule has 2 aromatic rings. The van der Waals surface area contributed by atoms with Crippen LogP contribution in [0.3, 0.4) is 0 Å². The minimum absolute atomic E-state index is 0.444. The molecule has 13 heavy (non-hydrogen) atoms. The predicted octanol–water partition coefficient (Wildman–Crippen LogP) is 2.79. The first-order valence-corrected chi connectivity index (χ1v) is 4.36. The molecule has 3 nitrogen and oxygen atoms in total. The molecule has 1 N–H and O–H groups in total. The van der Waals surface area contributed by atoms with Crippen molar-refractivity contribution in [2.75, 3.05) is 0 Å². The molecular weight excluding hydrogens is 164 g/mol. The van der Waals surface area contributed by atoms with E-state index in [0.29, 0.717) is 5.92 Å². The van der Waals surface area contributed by atoms with Crippen LogP contribution in [0, 0.1) is 0 Å². The molecule has 0 atom stereocenters. The van der Waals surface area contributed by atoms with Crippen molar-refractivity contribution in [3.63, 3.8) is 0 Å². The molecule has 0 amide bonds. The van der Waals surface area contributed by atoms with Crippen LogP contribution >= 0.6 is 0 Å². The highest BCUT2D eigenvalue weighted by Crippen LogP contribution is 2.20. The molecule has 0 saturated carbocycles. The topological polar surface area (TPSA) is 41.8 Å². The number of hydrogen-bond acceptors (Lipinski definition) is 2. The summed E-state index contributed by atoms with van der Waals surface area (Å²) >= 11 is 0. The highest BCUT2D eigenvalue weighted by Gasteiger charge is 2.07. The molecular formula is C10H12N2O. The van der Waals surface area contributed by atoms with Crippen LogP contribution in [0.5, 0.6) is 0 Å². The fourth-order valence-corrected chi connectivity index (χ4v) is 1.19. The van der Waals surface area contributed by atoms with Gasteiger partial charge in [-0.15, -0.1) is 0 Å². The highest BCUT2D eigenvalue weighted by molar-refractivity contribution is 5.51. The van der Waals surface area contributed by atoms with Crippen LogP contribution in [0.1, 0.15) is 25.5 Å². The molecule has 0 bridgehead atoms. The fourth-order valence-electron chi connectivity index (χ4n) is 1.19. The zero-order chi connectivity index (χ0) is 9.26. The van der Waals surface area contributed by atoms with E-state index in [4.69, 9.17) is 4.42 Å². The number of hydrogen-bond donors (Lipinski definition) is 1. The number of aromatic amines is 1. The van der Waals surface area contributed by atoms with E-state index in [-0.39, 0.29) is 0 Å². The average molecular weight is 176 g/mol. The van der Waals surface area contributed by atoms with Gasteiger partial charge in [-0.05, 0) is 24.1 Å². The summed E-state index contributed by atoms with van der Waals surface area (Å²) in [5, 5.41) is 7.13. The van der Waals surface area contributed by atoms with Gasteiger partial charge < -0.3 is 4.42 Å². The van der Waals surface area contributed by atoms with Gasteiger partial charge in [0.25, 0.3) is 0 Å². The van der Waals surface area contributed by atoms with Gasteiger partial charge in [0.1, 0.15) is 5.69 Å². The Balaban J connectivity index is 2.33. The lowest BCUT2D eigenvalue weighted by Gasteiger charge is -1.94. The van der Waals surface area contributed by atoms with Crippen LogP contribution in [0.15, 0.2) is 28.9 Å². The third-order valence-corrected chi connectivity index (χ3v) is 1.98. The van der Waals surface area contributed by atoms with Gasteiger partial charge in [-0.25, -0.2) is 0 Å². The Kier molecular flexibility index (Phi) is 1.93. The van der Waals surface area contributed by atoms with Gasteiger partial charge in [-0.3, -0.25) is 5.10 Å².